The molecule has 1 aromatic carbocycles. The van der Waals surface area contributed by atoms with Crippen LogP contribution in [0.25, 0.3) is 0 Å². The zero-order valence-corrected chi connectivity index (χ0v) is 5.36. The molecule has 0 spiro atoms. The first kappa shape index (κ1) is 6.81. The summed E-state index contributed by atoms with van der Waals surface area (Å²) < 4.78 is 0. The summed E-state index contributed by atoms with van der Waals surface area (Å²) in [6, 6.07) is 7.17. The molecule has 0 saturated carbocycles. The van der Waals surface area contributed by atoms with Crippen LogP contribution in [-0.4, -0.2) is 11.4 Å². The Morgan fingerprint density at radius 2 is 2.10 bits per heavy atom. The van der Waals surface area contributed by atoms with Gasteiger partial charge in [-0.05, 0) is 18.1 Å². The van der Waals surface area contributed by atoms with Gasteiger partial charge in [0.05, 0.1) is 6.21 Å². The van der Waals surface area contributed by atoms with E-state index in [4.69, 9.17) is 12.1 Å². The van der Waals surface area contributed by atoms with Crippen LogP contribution in [0.15, 0.2) is 29.4 Å². The molecule has 0 saturated heterocycles. The fourth-order valence-electron chi connectivity index (χ4n) is 0.691. The Kier molecular flexibility index (Phi) is 2.05. The number of benzene rings is 1. The van der Waals surface area contributed by atoms with Crippen LogP contribution in [0.5, 0.6) is 0 Å². The summed E-state index contributed by atoms with van der Waals surface area (Å²) in [5.74, 6) is 0. The second kappa shape index (κ2) is 3.01. The minimum absolute atomic E-state index is 0.611. The quantitative estimate of drug-likeness (QED) is 0.352. The maximum Gasteiger partial charge on any atom is 0.0736 e. The lowest BCUT2D eigenvalue weighted by molar-refractivity contribution is 0.322. The van der Waals surface area contributed by atoms with E-state index in [0.29, 0.717) is 5.56 Å². The van der Waals surface area contributed by atoms with Gasteiger partial charge in [0, 0.05) is 0 Å². The molecule has 10 heavy (non-hydrogen) atoms. The SMILES string of the molecule is [CH]c1ccccc1/C=N\O. The van der Waals surface area contributed by atoms with E-state index in [0.717, 1.165) is 5.56 Å². The molecule has 0 aliphatic rings. The molecule has 0 aliphatic heterocycles. The van der Waals surface area contributed by atoms with E-state index in [9.17, 15) is 0 Å². The molecule has 50 valence electrons. The maximum absolute atomic E-state index is 8.16. The predicted molar refractivity (Wildman–Crippen MR) is 39.2 cm³/mol. The van der Waals surface area contributed by atoms with Crippen LogP contribution >= 0.6 is 0 Å². The highest BCUT2D eigenvalue weighted by Gasteiger charge is 1.90. The Morgan fingerprint density at radius 1 is 1.40 bits per heavy atom. The first-order chi connectivity index (χ1) is 4.84. The van der Waals surface area contributed by atoms with Gasteiger partial charge >= 0.3 is 0 Å². The van der Waals surface area contributed by atoms with Crippen molar-refractivity contribution >= 4 is 6.21 Å². The van der Waals surface area contributed by atoms with E-state index >= 15 is 0 Å². The minimum atomic E-state index is 0.611. The molecule has 0 amide bonds. The summed E-state index contributed by atoms with van der Waals surface area (Å²) in [4.78, 5) is 0. The second-order valence-electron chi connectivity index (χ2n) is 1.87. The normalized spacial score (nSPS) is 10.5. The summed E-state index contributed by atoms with van der Waals surface area (Å²) in [5, 5.41) is 11.0. The Bertz CT molecular complexity index is 243. The lowest BCUT2D eigenvalue weighted by Gasteiger charge is -1.94. The molecule has 0 atom stereocenters. The van der Waals surface area contributed by atoms with E-state index in [1.54, 1.807) is 12.1 Å². The average molecular weight is 133 g/mol. The Balaban J connectivity index is 3.03. The fourth-order valence-corrected chi connectivity index (χ4v) is 0.691. The molecule has 0 unspecified atom stereocenters. The monoisotopic (exact) mass is 133 g/mol. The van der Waals surface area contributed by atoms with Crippen molar-refractivity contribution in [2.75, 3.05) is 0 Å². The van der Waals surface area contributed by atoms with Crippen molar-refractivity contribution in [1.82, 2.24) is 0 Å². The van der Waals surface area contributed by atoms with Crippen molar-refractivity contribution in [3.63, 3.8) is 0 Å². The Hall–Kier alpha value is -1.31. The van der Waals surface area contributed by atoms with Crippen molar-refractivity contribution in [1.29, 1.82) is 0 Å². The zero-order chi connectivity index (χ0) is 7.40. The summed E-state index contributed by atoms with van der Waals surface area (Å²) in [6.45, 7) is 5.50. The molecule has 2 nitrogen and oxygen atoms in total. The van der Waals surface area contributed by atoms with Crippen LogP contribution in [0.4, 0.5) is 0 Å². The van der Waals surface area contributed by atoms with Crippen LogP contribution in [0, 0.1) is 6.92 Å². The summed E-state index contributed by atoms with van der Waals surface area (Å²) in [6.07, 6.45) is 1.30. The van der Waals surface area contributed by atoms with Crippen LogP contribution in [-0.2, 0) is 0 Å². The molecular formula is C8H7NO. The average Bonchev–Trinajstić information content (AvgIpc) is 1.94. The van der Waals surface area contributed by atoms with Gasteiger partial charge in [-0.3, -0.25) is 0 Å². The topological polar surface area (TPSA) is 32.6 Å². The maximum atomic E-state index is 8.16. The van der Waals surface area contributed by atoms with Gasteiger partial charge < -0.3 is 5.21 Å². The molecule has 1 aromatic rings. The van der Waals surface area contributed by atoms with E-state index < -0.39 is 0 Å². The van der Waals surface area contributed by atoms with Crippen LogP contribution in [0.3, 0.4) is 0 Å². The number of hydrogen-bond donors (Lipinski definition) is 1. The molecule has 0 bridgehead atoms. The van der Waals surface area contributed by atoms with Gasteiger partial charge in [-0.2, -0.15) is 0 Å². The molecule has 0 aliphatic carbocycles. The highest BCUT2D eigenvalue weighted by molar-refractivity contribution is 5.81. The molecule has 0 fully saturated rings. The number of nitrogens with zero attached hydrogens (tertiary/aromatic N) is 1. The number of oxime groups is 1. The van der Waals surface area contributed by atoms with Gasteiger partial charge in [-0.1, -0.05) is 29.4 Å². The van der Waals surface area contributed by atoms with Crippen molar-refractivity contribution < 1.29 is 5.21 Å². The third-order valence-corrected chi connectivity index (χ3v) is 1.19. The van der Waals surface area contributed by atoms with Gasteiger partial charge in [0.2, 0.25) is 0 Å². The smallest absolute Gasteiger partial charge is 0.0736 e. The number of rotatable bonds is 1. The first-order valence-electron chi connectivity index (χ1n) is 2.86. The van der Waals surface area contributed by atoms with Crippen molar-refractivity contribution in [2.45, 2.75) is 0 Å². The highest BCUT2D eigenvalue weighted by atomic mass is 16.4. The molecule has 0 aromatic heterocycles. The Labute approximate surface area is 59.8 Å². The van der Waals surface area contributed by atoms with E-state index in [1.165, 1.54) is 6.21 Å². The summed E-state index contributed by atoms with van der Waals surface area (Å²) in [7, 11) is 0. The van der Waals surface area contributed by atoms with Gasteiger partial charge in [0.1, 0.15) is 0 Å². The zero-order valence-electron chi connectivity index (χ0n) is 5.36. The standard InChI is InChI=1S/C8H7NO/c1-7-4-2-3-5-8(7)6-9-10/h1-6,10H/b9-6-. The van der Waals surface area contributed by atoms with Gasteiger partial charge in [-0.25, -0.2) is 0 Å². The van der Waals surface area contributed by atoms with E-state index in [1.807, 2.05) is 12.1 Å². The molecule has 1 rings (SSSR count). The van der Waals surface area contributed by atoms with E-state index in [2.05, 4.69) is 5.16 Å². The van der Waals surface area contributed by atoms with Crippen molar-refractivity contribution in [3.05, 3.63) is 42.3 Å². The van der Waals surface area contributed by atoms with Gasteiger partial charge in [-0.15, -0.1) is 0 Å². The van der Waals surface area contributed by atoms with Crippen LogP contribution in [0.2, 0.25) is 0 Å². The third-order valence-electron chi connectivity index (χ3n) is 1.19. The summed E-state index contributed by atoms with van der Waals surface area (Å²) in [5.41, 5.74) is 1.34. The van der Waals surface area contributed by atoms with Gasteiger partial charge in [0.15, 0.2) is 0 Å². The lowest BCUT2D eigenvalue weighted by Crippen LogP contribution is -1.84. The highest BCUT2D eigenvalue weighted by Crippen LogP contribution is 2.02. The fraction of sp³-hybridized carbons (Fsp3) is 0. The lowest BCUT2D eigenvalue weighted by atomic mass is 10.1. The largest absolute Gasteiger partial charge is 0.411 e. The van der Waals surface area contributed by atoms with E-state index in [-0.39, 0.29) is 0 Å². The van der Waals surface area contributed by atoms with Crippen molar-refractivity contribution in [2.24, 2.45) is 5.16 Å². The summed E-state index contributed by atoms with van der Waals surface area (Å²) >= 11 is 0. The minimum Gasteiger partial charge on any atom is -0.411 e. The molecule has 1 N–H and O–H groups in total. The molecule has 2 heteroatoms. The van der Waals surface area contributed by atoms with Gasteiger partial charge in [0.25, 0.3) is 0 Å². The van der Waals surface area contributed by atoms with Crippen molar-refractivity contribution in [3.8, 4) is 0 Å². The molecular weight excluding hydrogens is 126 g/mol. The number of hydrogen-bond acceptors (Lipinski definition) is 2. The van der Waals surface area contributed by atoms with Crippen LogP contribution in [0.1, 0.15) is 11.1 Å². The molecule has 2 radical (unpaired) electrons. The predicted octanol–water partition coefficient (Wildman–Crippen LogP) is 1.55. The third kappa shape index (κ3) is 1.35. The second-order valence-corrected chi connectivity index (χ2v) is 1.87. The molecule has 0 heterocycles. The van der Waals surface area contributed by atoms with Crippen LogP contribution < -0.4 is 0 Å². The Morgan fingerprint density at radius 3 is 2.70 bits per heavy atom. The first-order valence-corrected chi connectivity index (χ1v) is 2.86.